The minimum atomic E-state index is -4.56. The summed E-state index contributed by atoms with van der Waals surface area (Å²) in [4.78, 5) is 33.0. The van der Waals surface area contributed by atoms with Gasteiger partial charge in [0.25, 0.3) is 5.56 Å². The molecule has 0 atom stereocenters. The number of halogens is 4. The van der Waals surface area contributed by atoms with Gasteiger partial charge in [-0.1, -0.05) is 41.6 Å². The number of rotatable bonds is 5. The summed E-state index contributed by atoms with van der Waals surface area (Å²) >= 11 is 6.95. The molecule has 32 heavy (non-hydrogen) atoms. The molecule has 0 unspecified atom stereocenters. The molecule has 1 amide bonds. The van der Waals surface area contributed by atoms with Gasteiger partial charge in [0, 0.05) is 17.4 Å². The highest BCUT2D eigenvalue weighted by Gasteiger charge is 2.31. The van der Waals surface area contributed by atoms with Gasteiger partial charge in [-0.25, -0.2) is 4.98 Å². The summed E-state index contributed by atoms with van der Waals surface area (Å²) in [7, 11) is 0. The average Bonchev–Trinajstić information content (AvgIpc) is 3.12. The van der Waals surface area contributed by atoms with Crippen molar-refractivity contribution in [2.45, 2.75) is 24.8 Å². The number of anilines is 1. The van der Waals surface area contributed by atoms with Crippen molar-refractivity contribution in [3.05, 3.63) is 63.4 Å². The Morgan fingerprint density at radius 2 is 2.00 bits per heavy atom. The summed E-state index contributed by atoms with van der Waals surface area (Å²) in [5.74, 6) is -0.750. The Bertz CT molecular complexity index is 1400. The van der Waals surface area contributed by atoms with E-state index in [4.69, 9.17) is 11.6 Å². The van der Waals surface area contributed by atoms with Gasteiger partial charge < -0.3 is 10.3 Å². The number of hydrogen-bond acceptors (Lipinski definition) is 4. The van der Waals surface area contributed by atoms with Crippen LogP contribution in [-0.2, 0) is 17.5 Å². The van der Waals surface area contributed by atoms with Crippen LogP contribution >= 0.6 is 23.4 Å². The number of carbonyl (C=O) groups is 1. The number of nitrogens with one attached hydrogen (secondary N) is 2. The van der Waals surface area contributed by atoms with Crippen LogP contribution < -0.4 is 10.9 Å². The number of aromatic amines is 1. The van der Waals surface area contributed by atoms with Gasteiger partial charge in [-0.05, 0) is 31.2 Å². The fourth-order valence-corrected chi connectivity index (χ4v) is 4.30. The topological polar surface area (TPSA) is 79.8 Å². The molecule has 0 radical (unpaired) electrons. The van der Waals surface area contributed by atoms with Crippen molar-refractivity contribution in [3.63, 3.8) is 0 Å². The first kappa shape index (κ1) is 22.2. The van der Waals surface area contributed by atoms with Gasteiger partial charge in [-0.15, -0.1) is 0 Å². The number of thioether (sulfide) groups is 1. The molecule has 0 aliphatic carbocycles. The third-order valence-corrected chi connectivity index (χ3v) is 6.10. The van der Waals surface area contributed by atoms with Crippen molar-refractivity contribution in [2.24, 2.45) is 0 Å². The monoisotopic (exact) mass is 480 g/mol. The largest absolute Gasteiger partial charge is 0.416 e. The van der Waals surface area contributed by atoms with Crippen LogP contribution in [0.3, 0.4) is 0 Å². The van der Waals surface area contributed by atoms with Gasteiger partial charge in [-0.2, -0.15) is 13.2 Å². The molecule has 2 aromatic heterocycles. The van der Waals surface area contributed by atoms with Crippen molar-refractivity contribution in [1.29, 1.82) is 0 Å². The summed E-state index contributed by atoms with van der Waals surface area (Å²) in [6.45, 7) is 2.12. The maximum Gasteiger partial charge on any atom is 0.416 e. The molecule has 0 aliphatic heterocycles. The molecule has 2 aromatic carbocycles. The van der Waals surface area contributed by atoms with E-state index in [1.165, 1.54) is 4.57 Å². The van der Waals surface area contributed by atoms with E-state index in [0.29, 0.717) is 22.7 Å². The van der Waals surface area contributed by atoms with E-state index in [9.17, 15) is 22.8 Å². The van der Waals surface area contributed by atoms with Crippen LogP contribution in [-0.4, -0.2) is 26.2 Å². The predicted molar refractivity (Wildman–Crippen MR) is 119 cm³/mol. The Hall–Kier alpha value is -2.98. The lowest BCUT2D eigenvalue weighted by molar-refractivity contribution is -0.137. The van der Waals surface area contributed by atoms with Crippen LogP contribution in [0, 0.1) is 0 Å². The number of para-hydroxylation sites is 1. The van der Waals surface area contributed by atoms with Crippen LogP contribution in [0.1, 0.15) is 12.5 Å². The van der Waals surface area contributed by atoms with Gasteiger partial charge >= 0.3 is 6.18 Å². The normalized spacial score (nSPS) is 11.9. The molecule has 4 aromatic rings. The van der Waals surface area contributed by atoms with Gasteiger partial charge in [0.2, 0.25) is 5.91 Å². The molecular weight excluding hydrogens is 465 g/mol. The molecule has 6 nitrogen and oxygen atoms in total. The second-order valence-electron chi connectivity index (χ2n) is 6.87. The fraction of sp³-hybridized carbons (Fsp3) is 0.190. The fourth-order valence-electron chi connectivity index (χ4n) is 3.28. The molecule has 0 bridgehead atoms. The van der Waals surface area contributed by atoms with Crippen molar-refractivity contribution < 1.29 is 18.0 Å². The lowest BCUT2D eigenvalue weighted by atomic mass is 10.2. The Morgan fingerprint density at radius 1 is 1.25 bits per heavy atom. The number of alkyl halides is 3. The lowest BCUT2D eigenvalue weighted by Crippen LogP contribution is -2.23. The maximum atomic E-state index is 12.9. The highest BCUT2D eigenvalue weighted by molar-refractivity contribution is 7.99. The zero-order chi connectivity index (χ0) is 23.0. The second kappa shape index (κ2) is 8.51. The van der Waals surface area contributed by atoms with Crippen molar-refractivity contribution >= 4 is 56.9 Å². The molecule has 0 saturated heterocycles. The molecule has 0 aliphatic rings. The number of nitrogens with zero attached hydrogens (tertiary/aromatic N) is 2. The number of H-pyrrole nitrogens is 1. The van der Waals surface area contributed by atoms with E-state index in [1.807, 2.05) is 24.3 Å². The highest BCUT2D eigenvalue weighted by Crippen LogP contribution is 2.34. The highest BCUT2D eigenvalue weighted by atomic mass is 35.5. The number of carbonyl (C=O) groups excluding carboxylic acids is 1. The molecular formula is C21H16ClF3N4O2S. The molecule has 0 spiro atoms. The van der Waals surface area contributed by atoms with Crippen LogP contribution in [0.2, 0.25) is 5.02 Å². The summed E-state index contributed by atoms with van der Waals surface area (Å²) < 4.78 is 40.2. The van der Waals surface area contributed by atoms with Gasteiger partial charge in [-0.3, -0.25) is 14.2 Å². The van der Waals surface area contributed by atoms with E-state index < -0.39 is 17.6 Å². The zero-order valence-electron chi connectivity index (χ0n) is 16.6. The number of aromatic nitrogens is 3. The molecule has 4 rings (SSSR count). The van der Waals surface area contributed by atoms with Crippen LogP contribution in [0.5, 0.6) is 0 Å². The van der Waals surface area contributed by atoms with E-state index in [-0.39, 0.29) is 22.0 Å². The quantitative estimate of drug-likeness (QED) is 0.300. The molecule has 2 N–H and O–H groups in total. The molecule has 11 heteroatoms. The third kappa shape index (κ3) is 4.20. The summed E-state index contributed by atoms with van der Waals surface area (Å²) in [5, 5.41) is 3.50. The first-order valence-electron chi connectivity index (χ1n) is 9.49. The second-order valence-corrected chi connectivity index (χ2v) is 8.22. The van der Waals surface area contributed by atoms with Gasteiger partial charge in [0.15, 0.2) is 5.16 Å². The van der Waals surface area contributed by atoms with Crippen molar-refractivity contribution in [1.82, 2.24) is 14.5 Å². The number of amides is 1. The summed E-state index contributed by atoms with van der Waals surface area (Å²) in [5.41, 5.74) is 0.319. The number of hydrogen-bond donors (Lipinski definition) is 2. The number of benzene rings is 2. The van der Waals surface area contributed by atoms with E-state index in [2.05, 4.69) is 15.3 Å². The van der Waals surface area contributed by atoms with Gasteiger partial charge in [0.05, 0.1) is 22.0 Å². The van der Waals surface area contributed by atoms with E-state index in [1.54, 1.807) is 6.92 Å². The molecule has 0 saturated carbocycles. The molecule has 0 fully saturated rings. The zero-order valence-corrected chi connectivity index (χ0v) is 18.2. The Morgan fingerprint density at radius 3 is 2.72 bits per heavy atom. The minimum absolute atomic E-state index is 0.0137. The Balaban J connectivity index is 1.60. The van der Waals surface area contributed by atoms with E-state index in [0.717, 1.165) is 40.9 Å². The smallest absolute Gasteiger partial charge is 0.349 e. The standard InChI is InChI=1S/C21H16ClF3N4O2S/c1-2-29-19(31)18-17(12-5-3-4-6-14(12)27-18)28-20(29)32-10-16(30)26-15-9-11(21(23,24)25)7-8-13(15)22/h3-9,27H,2,10H2,1H3,(H,26,30). The van der Waals surface area contributed by atoms with E-state index >= 15 is 0 Å². The van der Waals surface area contributed by atoms with Crippen LogP contribution in [0.4, 0.5) is 18.9 Å². The van der Waals surface area contributed by atoms with Crippen molar-refractivity contribution in [3.8, 4) is 0 Å². The molecule has 2 heterocycles. The maximum absolute atomic E-state index is 12.9. The van der Waals surface area contributed by atoms with Crippen LogP contribution in [0.15, 0.2) is 52.4 Å². The summed E-state index contributed by atoms with van der Waals surface area (Å²) in [6, 6.07) is 10.1. The predicted octanol–water partition coefficient (Wildman–Crippen LogP) is 5.30. The van der Waals surface area contributed by atoms with Gasteiger partial charge in [0.1, 0.15) is 11.0 Å². The Labute approximate surface area is 188 Å². The number of fused-ring (bicyclic) bond motifs is 3. The lowest BCUT2D eigenvalue weighted by Gasteiger charge is -2.12. The molecule has 166 valence electrons. The van der Waals surface area contributed by atoms with Crippen LogP contribution in [0.25, 0.3) is 21.9 Å². The first-order chi connectivity index (χ1) is 15.2. The Kier molecular flexibility index (Phi) is 5.91. The third-order valence-electron chi connectivity index (χ3n) is 4.79. The average molecular weight is 481 g/mol. The van der Waals surface area contributed by atoms with Crippen molar-refractivity contribution in [2.75, 3.05) is 11.1 Å². The minimum Gasteiger partial charge on any atom is -0.349 e. The summed E-state index contributed by atoms with van der Waals surface area (Å²) in [6.07, 6.45) is -4.56. The first-order valence-corrected chi connectivity index (χ1v) is 10.9. The SMILES string of the molecule is CCn1c(SCC(=O)Nc2cc(C(F)(F)F)ccc2Cl)nc2c([nH]c3ccccc32)c1=O.